The molecule has 3 heterocycles. The molecule has 0 saturated heterocycles. The summed E-state index contributed by atoms with van der Waals surface area (Å²) in [5.74, 6) is 1.24. The van der Waals surface area contributed by atoms with Crippen LogP contribution in [-0.4, -0.2) is 30.5 Å². The summed E-state index contributed by atoms with van der Waals surface area (Å²) in [7, 11) is 0. The van der Waals surface area contributed by atoms with Crippen molar-refractivity contribution in [3.63, 3.8) is 0 Å². The standard InChI is InChI=1S/C24H22N6OS2/c1-14-9-10-19(11-15(14)2)29(17(4)31)23-26-18(12-32-23)13-33-24-27-21-8-6-5-7-20(21)22-25-16(3)28-30(22)24/h5-12H,13H2,1-4H3. The average molecular weight is 475 g/mol. The van der Waals surface area contributed by atoms with Gasteiger partial charge in [0.2, 0.25) is 5.91 Å². The first-order valence-electron chi connectivity index (χ1n) is 10.5. The topological polar surface area (TPSA) is 76.3 Å². The summed E-state index contributed by atoms with van der Waals surface area (Å²) in [6, 6.07) is 14.0. The van der Waals surface area contributed by atoms with Gasteiger partial charge in [-0.25, -0.2) is 15.0 Å². The van der Waals surface area contributed by atoms with E-state index in [0.29, 0.717) is 16.7 Å². The Morgan fingerprint density at radius 1 is 1.06 bits per heavy atom. The number of rotatable bonds is 5. The fourth-order valence-electron chi connectivity index (χ4n) is 3.62. The van der Waals surface area contributed by atoms with Crippen LogP contribution in [0.5, 0.6) is 0 Å². The molecule has 5 aromatic rings. The summed E-state index contributed by atoms with van der Waals surface area (Å²) < 4.78 is 1.80. The lowest BCUT2D eigenvalue weighted by atomic mass is 10.1. The van der Waals surface area contributed by atoms with Gasteiger partial charge in [0, 0.05) is 23.4 Å². The highest BCUT2D eigenvalue weighted by molar-refractivity contribution is 7.98. The highest BCUT2D eigenvalue weighted by Gasteiger charge is 2.19. The van der Waals surface area contributed by atoms with Crippen LogP contribution >= 0.6 is 23.1 Å². The van der Waals surface area contributed by atoms with E-state index in [0.717, 1.165) is 38.7 Å². The van der Waals surface area contributed by atoms with E-state index in [1.165, 1.54) is 16.9 Å². The van der Waals surface area contributed by atoms with Gasteiger partial charge < -0.3 is 0 Å². The molecule has 0 aliphatic rings. The molecule has 5 rings (SSSR count). The Morgan fingerprint density at radius 2 is 1.88 bits per heavy atom. The fourth-order valence-corrected chi connectivity index (χ4v) is 5.45. The zero-order valence-corrected chi connectivity index (χ0v) is 20.4. The SMILES string of the molecule is CC(=O)N(c1ccc(C)c(C)c1)c1nc(CSc2nc3ccccc3c3nc(C)nn23)cs1. The Morgan fingerprint density at radius 3 is 2.67 bits per heavy atom. The Labute approximate surface area is 199 Å². The van der Waals surface area contributed by atoms with Crippen molar-refractivity contribution in [1.82, 2.24) is 24.6 Å². The quantitative estimate of drug-likeness (QED) is 0.242. The molecule has 0 aliphatic carbocycles. The molecule has 0 fully saturated rings. The van der Waals surface area contributed by atoms with Crippen molar-refractivity contribution in [1.29, 1.82) is 0 Å². The molecule has 0 atom stereocenters. The molecule has 2 aromatic carbocycles. The molecule has 7 nitrogen and oxygen atoms in total. The van der Waals surface area contributed by atoms with Gasteiger partial charge in [0.25, 0.3) is 0 Å². The van der Waals surface area contributed by atoms with Crippen LogP contribution in [0.1, 0.15) is 29.6 Å². The van der Waals surface area contributed by atoms with E-state index in [1.54, 1.807) is 28.1 Å². The van der Waals surface area contributed by atoms with Crippen molar-refractivity contribution < 1.29 is 4.79 Å². The molecule has 33 heavy (non-hydrogen) atoms. The summed E-state index contributed by atoms with van der Waals surface area (Å²) >= 11 is 3.02. The Balaban J connectivity index is 1.43. The normalized spacial score (nSPS) is 11.4. The summed E-state index contributed by atoms with van der Waals surface area (Å²) in [6.07, 6.45) is 0. The van der Waals surface area contributed by atoms with Crippen LogP contribution in [0, 0.1) is 20.8 Å². The van der Waals surface area contributed by atoms with Crippen molar-refractivity contribution in [2.24, 2.45) is 0 Å². The second-order valence-corrected chi connectivity index (χ2v) is 9.62. The second kappa shape index (κ2) is 8.57. The number of anilines is 2. The van der Waals surface area contributed by atoms with Gasteiger partial charge >= 0.3 is 0 Å². The first-order chi connectivity index (χ1) is 15.9. The van der Waals surface area contributed by atoms with Crippen LogP contribution in [0.3, 0.4) is 0 Å². The number of nitrogens with zero attached hydrogens (tertiary/aromatic N) is 6. The number of para-hydroxylation sites is 1. The van der Waals surface area contributed by atoms with Crippen LogP contribution in [0.25, 0.3) is 16.6 Å². The fraction of sp³-hybridized carbons (Fsp3) is 0.208. The van der Waals surface area contributed by atoms with Gasteiger partial charge in [0.15, 0.2) is 15.9 Å². The van der Waals surface area contributed by atoms with Crippen molar-refractivity contribution >= 4 is 56.4 Å². The largest absolute Gasteiger partial charge is 0.274 e. The number of hydrogen-bond acceptors (Lipinski definition) is 7. The lowest BCUT2D eigenvalue weighted by molar-refractivity contribution is -0.115. The molecule has 0 spiro atoms. The number of thiazole rings is 1. The number of aromatic nitrogens is 5. The van der Waals surface area contributed by atoms with Gasteiger partial charge in [0.05, 0.1) is 16.9 Å². The summed E-state index contributed by atoms with van der Waals surface area (Å²) in [5.41, 5.74) is 5.73. The third-order valence-electron chi connectivity index (χ3n) is 5.40. The smallest absolute Gasteiger partial charge is 0.230 e. The first-order valence-corrected chi connectivity index (χ1v) is 12.3. The number of amides is 1. The molecule has 1 amide bonds. The van der Waals surface area contributed by atoms with Gasteiger partial charge in [-0.15, -0.1) is 16.4 Å². The summed E-state index contributed by atoms with van der Waals surface area (Å²) in [5, 5.41) is 8.93. The minimum Gasteiger partial charge on any atom is -0.274 e. The minimum atomic E-state index is -0.0669. The van der Waals surface area contributed by atoms with Crippen LogP contribution < -0.4 is 4.90 Å². The predicted molar refractivity (Wildman–Crippen MR) is 133 cm³/mol. The molecular formula is C24H22N6OS2. The molecule has 0 bridgehead atoms. The van der Waals surface area contributed by atoms with Crippen molar-refractivity contribution in [2.75, 3.05) is 4.90 Å². The number of fused-ring (bicyclic) bond motifs is 3. The zero-order valence-electron chi connectivity index (χ0n) is 18.7. The van der Waals surface area contributed by atoms with E-state index in [4.69, 9.17) is 9.97 Å². The number of carbonyl (C=O) groups is 1. The predicted octanol–water partition coefficient (Wildman–Crippen LogP) is 5.64. The maximum Gasteiger partial charge on any atom is 0.230 e. The van der Waals surface area contributed by atoms with Gasteiger partial charge in [-0.2, -0.15) is 4.52 Å². The van der Waals surface area contributed by atoms with E-state index in [2.05, 4.69) is 17.0 Å². The maximum atomic E-state index is 12.5. The highest BCUT2D eigenvalue weighted by atomic mass is 32.2. The number of hydrogen-bond donors (Lipinski definition) is 0. The van der Waals surface area contributed by atoms with Crippen LogP contribution in [0.2, 0.25) is 0 Å². The van der Waals surface area contributed by atoms with Gasteiger partial charge in [-0.3, -0.25) is 9.69 Å². The second-order valence-electron chi connectivity index (χ2n) is 7.84. The van der Waals surface area contributed by atoms with Crippen LogP contribution in [0.4, 0.5) is 10.8 Å². The molecule has 166 valence electrons. The maximum absolute atomic E-state index is 12.5. The molecule has 3 aromatic heterocycles. The zero-order chi connectivity index (χ0) is 23.1. The van der Waals surface area contributed by atoms with Gasteiger partial charge in [0.1, 0.15) is 5.82 Å². The molecule has 0 N–H and O–H groups in total. The third-order valence-corrected chi connectivity index (χ3v) is 7.24. The third kappa shape index (κ3) is 4.09. The Bertz CT molecular complexity index is 1510. The molecule has 0 unspecified atom stereocenters. The van der Waals surface area contributed by atoms with Crippen molar-refractivity contribution in [3.8, 4) is 0 Å². The van der Waals surface area contributed by atoms with E-state index in [1.807, 2.05) is 61.7 Å². The Hall–Kier alpha value is -3.30. The van der Waals surface area contributed by atoms with E-state index in [9.17, 15) is 4.79 Å². The van der Waals surface area contributed by atoms with E-state index in [-0.39, 0.29) is 5.91 Å². The Kier molecular flexibility index (Phi) is 5.59. The van der Waals surface area contributed by atoms with Gasteiger partial charge in [-0.05, 0) is 56.2 Å². The number of aryl methyl sites for hydroxylation is 3. The van der Waals surface area contributed by atoms with E-state index < -0.39 is 0 Å². The molecule has 9 heteroatoms. The summed E-state index contributed by atoms with van der Waals surface area (Å²) in [6.45, 7) is 7.55. The lowest BCUT2D eigenvalue weighted by Gasteiger charge is -2.19. The highest BCUT2D eigenvalue weighted by Crippen LogP contribution is 2.32. The van der Waals surface area contributed by atoms with Crippen LogP contribution in [-0.2, 0) is 10.5 Å². The number of benzene rings is 2. The molecule has 0 radical (unpaired) electrons. The number of carbonyl (C=O) groups excluding carboxylic acids is 1. The monoisotopic (exact) mass is 474 g/mol. The van der Waals surface area contributed by atoms with Gasteiger partial charge in [-0.1, -0.05) is 30.0 Å². The summed E-state index contributed by atoms with van der Waals surface area (Å²) in [4.78, 5) is 28.3. The molecular weight excluding hydrogens is 452 g/mol. The van der Waals surface area contributed by atoms with Crippen molar-refractivity contribution in [3.05, 3.63) is 70.5 Å². The number of thioether (sulfide) groups is 1. The van der Waals surface area contributed by atoms with Crippen LogP contribution in [0.15, 0.2) is 53.0 Å². The molecule has 0 saturated carbocycles. The first kappa shape index (κ1) is 21.5. The van der Waals surface area contributed by atoms with Crippen molar-refractivity contribution in [2.45, 2.75) is 38.6 Å². The average Bonchev–Trinajstić information content (AvgIpc) is 3.41. The lowest BCUT2D eigenvalue weighted by Crippen LogP contribution is -2.22. The molecule has 0 aliphatic heterocycles. The van der Waals surface area contributed by atoms with E-state index >= 15 is 0 Å². The minimum absolute atomic E-state index is 0.0669.